The third-order valence-corrected chi connectivity index (χ3v) is 4.80. The molecule has 0 bridgehead atoms. The summed E-state index contributed by atoms with van der Waals surface area (Å²) in [7, 11) is 0. The van der Waals surface area contributed by atoms with Gasteiger partial charge in [0.15, 0.2) is 0 Å². The summed E-state index contributed by atoms with van der Waals surface area (Å²) in [5, 5.41) is 0. The number of ether oxygens (including phenoxy) is 1. The maximum Gasteiger partial charge on any atom is 0.307 e. The molecule has 0 aromatic heterocycles. The van der Waals surface area contributed by atoms with Gasteiger partial charge in [0.1, 0.15) is 6.04 Å². The number of carbonyl (C=O) groups is 4. The molecule has 1 aromatic rings. The zero-order chi connectivity index (χ0) is 20.7. The van der Waals surface area contributed by atoms with Gasteiger partial charge in [0.05, 0.1) is 24.2 Å². The van der Waals surface area contributed by atoms with Gasteiger partial charge in [-0.1, -0.05) is 31.9 Å². The van der Waals surface area contributed by atoms with Gasteiger partial charge < -0.3 is 9.64 Å². The van der Waals surface area contributed by atoms with E-state index in [9.17, 15) is 19.2 Å². The Kier molecular flexibility index (Phi) is 7.72. The summed E-state index contributed by atoms with van der Waals surface area (Å²) >= 11 is 0. The zero-order valence-electron chi connectivity index (χ0n) is 16.8. The highest BCUT2D eigenvalue weighted by molar-refractivity contribution is 6.22. The fourth-order valence-corrected chi connectivity index (χ4v) is 3.28. The molecule has 0 spiro atoms. The van der Waals surface area contributed by atoms with Crippen LogP contribution in [-0.4, -0.2) is 59.2 Å². The SMILES string of the molecule is CCCCCN(CCC(=O)OCC)C(=O)C(C)N1C(=O)c2ccccc2C1=O. The molecule has 0 aliphatic carbocycles. The first-order valence-electron chi connectivity index (χ1n) is 9.83. The topological polar surface area (TPSA) is 84.0 Å². The number of benzene rings is 1. The Labute approximate surface area is 165 Å². The van der Waals surface area contributed by atoms with E-state index < -0.39 is 17.9 Å². The van der Waals surface area contributed by atoms with Crippen LogP contribution in [0.25, 0.3) is 0 Å². The van der Waals surface area contributed by atoms with Gasteiger partial charge in [-0.3, -0.25) is 24.1 Å². The second kappa shape index (κ2) is 10.0. The van der Waals surface area contributed by atoms with E-state index in [0.29, 0.717) is 17.7 Å². The van der Waals surface area contributed by atoms with Crippen molar-refractivity contribution in [2.24, 2.45) is 0 Å². The second-order valence-corrected chi connectivity index (χ2v) is 6.79. The van der Waals surface area contributed by atoms with E-state index in [1.807, 2.05) is 0 Å². The summed E-state index contributed by atoms with van der Waals surface area (Å²) in [6.45, 7) is 6.31. The van der Waals surface area contributed by atoms with Gasteiger partial charge in [-0.2, -0.15) is 0 Å². The van der Waals surface area contributed by atoms with E-state index >= 15 is 0 Å². The van der Waals surface area contributed by atoms with Gasteiger partial charge in [-0.25, -0.2) is 0 Å². The number of esters is 1. The lowest BCUT2D eigenvalue weighted by Gasteiger charge is -2.29. The fourth-order valence-electron chi connectivity index (χ4n) is 3.28. The third kappa shape index (κ3) is 4.77. The first kappa shape index (κ1) is 21.6. The molecule has 7 nitrogen and oxygen atoms in total. The molecule has 0 radical (unpaired) electrons. The highest BCUT2D eigenvalue weighted by Gasteiger charge is 2.41. The monoisotopic (exact) mass is 388 g/mol. The van der Waals surface area contributed by atoms with Crippen LogP contribution in [0.2, 0.25) is 0 Å². The average Bonchev–Trinajstić information content (AvgIpc) is 2.94. The summed E-state index contributed by atoms with van der Waals surface area (Å²) in [5.74, 6) is -1.63. The zero-order valence-corrected chi connectivity index (χ0v) is 16.8. The molecule has 7 heteroatoms. The molecule has 1 aliphatic heterocycles. The number of unbranched alkanes of at least 4 members (excludes halogenated alkanes) is 2. The van der Waals surface area contributed by atoms with Gasteiger partial charge in [0.25, 0.3) is 11.8 Å². The molecular weight excluding hydrogens is 360 g/mol. The van der Waals surface area contributed by atoms with Gasteiger partial charge in [-0.05, 0) is 32.4 Å². The molecule has 0 N–H and O–H groups in total. The molecule has 2 rings (SSSR count). The number of fused-ring (bicyclic) bond motifs is 1. The number of hydrogen-bond acceptors (Lipinski definition) is 5. The van der Waals surface area contributed by atoms with Crippen LogP contribution in [0, 0.1) is 0 Å². The molecular formula is C21H28N2O5. The Hall–Kier alpha value is -2.70. The highest BCUT2D eigenvalue weighted by atomic mass is 16.5. The molecule has 3 amide bonds. The first-order chi connectivity index (χ1) is 13.4. The minimum absolute atomic E-state index is 0.0839. The lowest BCUT2D eigenvalue weighted by molar-refractivity contribution is -0.144. The van der Waals surface area contributed by atoms with Gasteiger partial charge >= 0.3 is 5.97 Å². The normalized spacial score (nSPS) is 14.0. The molecule has 1 heterocycles. The molecule has 0 fully saturated rings. The summed E-state index contributed by atoms with van der Waals surface area (Å²) in [4.78, 5) is 52.6. The minimum Gasteiger partial charge on any atom is -0.466 e. The van der Waals surface area contributed by atoms with Crippen LogP contribution < -0.4 is 0 Å². The Morgan fingerprint density at radius 1 is 1.04 bits per heavy atom. The Bertz CT molecular complexity index is 711. The Morgan fingerprint density at radius 3 is 2.18 bits per heavy atom. The predicted octanol–water partition coefficient (Wildman–Crippen LogP) is 2.64. The van der Waals surface area contributed by atoms with Crippen LogP contribution in [0.15, 0.2) is 24.3 Å². The van der Waals surface area contributed by atoms with Crippen LogP contribution in [0.1, 0.15) is 67.2 Å². The maximum absolute atomic E-state index is 13.1. The number of amides is 3. The second-order valence-electron chi connectivity index (χ2n) is 6.79. The van der Waals surface area contributed by atoms with Crippen LogP contribution in [0.5, 0.6) is 0 Å². The van der Waals surface area contributed by atoms with Crippen molar-refractivity contribution in [1.82, 2.24) is 9.80 Å². The minimum atomic E-state index is -0.934. The van der Waals surface area contributed by atoms with E-state index in [4.69, 9.17) is 4.74 Å². The first-order valence-corrected chi connectivity index (χ1v) is 9.83. The van der Waals surface area contributed by atoms with Crippen LogP contribution in [-0.2, 0) is 14.3 Å². The van der Waals surface area contributed by atoms with Crippen LogP contribution >= 0.6 is 0 Å². The average molecular weight is 388 g/mol. The van der Waals surface area contributed by atoms with E-state index in [2.05, 4.69) is 6.92 Å². The quantitative estimate of drug-likeness (QED) is 0.349. The molecule has 1 atom stereocenters. The number of hydrogen-bond donors (Lipinski definition) is 0. The van der Waals surface area contributed by atoms with Crippen molar-refractivity contribution in [2.75, 3.05) is 19.7 Å². The number of rotatable bonds is 10. The Morgan fingerprint density at radius 2 is 1.64 bits per heavy atom. The van der Waals surface area contributed by atoms with E-state index in [0.717, 1.165) is 24.2 Å². The van der Waals surface area contributed by atoms with Crippen molar-refractivity contribution in [3.63, 3.8) is 0 Å². The molecule has 0 saturated carbocycles. The summed E-state index contributed by atoms with van der Waals surface area (Å²) in [6.07, 6.45) is 2.82. The van der Waals surface area contributed by atoms with Crippen molar-refractivity contribution >= 4 is 23.7 Å². The molecule has 0 saturated heterocycles. The number of carbonyl (C=O) groups excluding carboxylic acids is 4. The molecule has 28 heavy (non-hydrogen) atoms. The van der Waals surface area contributed by atoms with Crippen LogP contribution in [0.4, 0.5) is 0 Å². The van der Waals surface area contributed by atoms with Gasteiger partial charge in [0.2, 0.25) is 5.91 Å². The number of imide groups is 1. The van der Waals surface area contributed by atoms with E-state index in [1.165, 1.54) is 0 Å². The van der Waals surface area contributed by atoms with Crippen molar-refractivity contribution in [3.8, 4) is 0 Å². The number of nitrogens with zero attached hydrogens (tertiary/aromatic N) is 2. The molecule has 152 valence electrons. The highest BCUT2D eigenvalue weighted by Crippen LogP contribution is 2.25. The summed E-state index contributed by atoms with van der Waals surface area (Å²) in [5.41, 5.74) is 0.632. The summed E-state index contributed by atoms with van der Waals surface area (Å²) < 4.78 is 4.94. The largest absolute Gasteiger partial charge is 0.466 e. The predicted molar refractivity (Wildman–Crippen MR) is 104 cm³/mol. The molecule has 1 aliphatic rings. The fraction of sp³-hybridized carbons (Fsp3) is 0.524. The lowest BCUT2D eigenvalue weighted by atomic mass is 10.1. The molecule has 1 aromatic carbocycles. The van der Waals surface area contributed by atoms with Crippen molar-refractivity contribution in [1.29, 1.82) is 0 Å². The van der Waals surface area contributed by atoms with E-state index in [1.54, 1.807) is 43.0 Å². The van der Waals surface area contributed by atoms with Gasteiger partial charge in [0, 0.05) is 13.1 Å². The smallest absolute Gasteiger partial charge is 0.307 e. The maximum atomic E-state index is 13.1. The van der Waals surface area contributed by atoms with E-state index in [-0.39, 0.29) is 31.4 Å². The standard InChI is InChI=1S/C21H28N2O5/c1-4-6-9-13-22(14-12-18(24)28-5-2)19(25)15(3)23-20(26)16-10-7-8-11-17(16)21(23)27/h7-8,10-11,15H,4-6,9,12-14H2,1-3H3. The van der Waals surface area contributed by atoms with Gasteiger partial charge in [-0.15, -0.1) is 0 Å². The van der Waals surface area contributed by atoms with Crippen molar-refractivity contribution in [3.05, 3.63) is 35.4 Å². The Balaban J connectivity index is 2.12. The summed E-state index contributed by atoms with van der Waals surface area (Å²) in [6, 6.07) is 5.63. The van der Waals surface area contributed by atoms with Crippen molar-refractivity contribution < 1.29 is 23.9 Å². The third-order valence-electron chi connectivity index (χ3n) is 4.80. The lowest BCUT2D eigenvalue weighted by Crippen LogP contribution is -2.50. The van der Waals surface area contributed by atoms with Crippen molar-refractivity contribution in [2.45, 2.75) is 52.5 Å². The molecule has 1 unspecified atom stereocenters. The van der Waals surface area contributed by atoms with Crippen LogP contribution in [0.3, 0.4) is 0 Å².